The van der Waals surface area contributed by atoms with Crippen LogP contribution in [0.1, 0.15) is 0 Å². The molecular formula is C7H9NO2. The van der Waals surface area contributed by atoms with Gasteiger partial charge in [0.1, 0.15) is 0 Å². The van der Waals surface area contributed by atoms with Crippen LogP contribution in [0.4, 0.5) is 5.69 Å². The Bertz CT molecular complexity index is 186. The highest BCUT2D eigenvalue weighted by molar-refractivity contribution is 5.42. The Hall–Kier alpha value is -1.06. The fourth-order valence-corrected chi connectivity index (χ4v) is 0.683. The predicted octanol–water partition coefficient (Wildman–Crippen LogP) is 0.367. The molecule has 54 valence electrons. The molecule has 0 amide bonds. The second-order valence-corrected chi connectivity index (χ2v) is 1.88. The van der Waals surface area contributed by atoms with Crippen LogP contribution in [0, 0.1) is 0 Å². The third-order valence-corrected chi connectivity index (χ3v) is 1.07. The monoisotopic (exact) mass is 139 g/mol. The Morgan fingerprint density at radius 2 is 1.70 bits per heavy atom. The summed E-state index contributed by atoms with van der Waals surface area (Å²) in [6.07, 6.45) is -1.48. The second-order valence-electron chi connectivity index (χ2n) is 1.88. The van der Waals surface area contributed by atoms with E-state index in [1.54, 1.807) is 12.1 Å². The first-order valence-corrected chi connectivity index (χ1v) is 2.97. The molecule has 0 bridgehead atoms. The van der Waals surface area contributed by atoms with E-state index in [-0.39, 0.29) is 0 Å². The number of hydrogen-bond acceptors (Lipinski definition) is 3. The average molecular weight is 139 g/mol. The van der Waals surface area contributed by atoms with Crippen molar-refractivity contribution in [1.29, 1.82) is 0 Å². The zero-order valence-electron chi connectivity index (χ0n) is 5.36. The van der Waals surface area contributed by atoms with Crippen LogP contribution >= 0.6 is 0 Å². The lowest BCUT2D eigenvalue weighted by Crippen LogP contribution is -2.16. The molecule has 3 nitrogen and oxygen atoms in total. The van der Waals surface area contributed by atoms with E-state index in [0.29, 0.717) is 5.69 Å². The summed E-state index contributed by atoms with van der Waals surface area (Å²) in [7, 11) is 0. The van der Waals surface area contributed by atoms with E-state index in [2.05, 4.69) is 5.32 Å². The predicted molar refractivity (Wildman–Crippen MR) is 38.3 cm³/mol. The van der Waals surface area contributed by atoms with Gasteiger partial charge in [0.25, 0.3) is 0 Å². The first-order chi connectivity index (χ1) is 4.79. The molecule has 3 N–H and O–H groups in total. The van der Waals surface area contributed by atoms with Crippen molar-refractivity contribution in [3.63, 3.8) is 0 Å². The summed E-state index contributed by atoms with van der Waals surface area (Å²) < 4.78 is 0. The molecule has 0 unspecified atom stereocenters. The van der Waals surface area contributed by atoms with Gasteiger partial charge in [0.15, 0.2) is 0 Å². The van der Waals surface area contributed by atoms with Gasteiger partial charge >= 0.3 is 0 Å². The SMILES string of the molecule is OC(O)Nc1ccccc1. The lowest BCUT2D eigenvalue weighted by Gasteiger charge is -2.06. The lowest BCUT2D eigenvalue weighted by molar-refractivity contribution is -0.0147. The highest BCUT2D eigenvalue weighted by Gasteiger charge is 1.93. The summed E-state index contributed by atoms with van der Waals surface area (Å²) in [5, 5.41) is 19.3. The minimum atomic E-state index is -1.48. The number of anilines is 1. The van der Waals surface area contributed by atoms with Gasteiger partial charge in [-0.25, -0.2) is 0 Å². The maximum Gasteiger partial charge on any atom is 0.232 e. The molecule has 0 aliphatic rings. The van der Waals surface area contributed by atoms with Gasteiger partial charge in [-0.05, 0) is 12.1 Å². The van der Waals surface area contributed by atoms with E-state index >= 15 is 0 Å². The van der Waals surface area contributed by atoms with Gasteiger partial charge in [-0.3, -0.25) is 0 Å². The molecule has 0 saturated carbocycles. The third-order valence-electron chi connectivity index (χ3n) is 1.07. The summed E-state index contributed by atoms with van der Waals surface area (Å²) in [4.78, 5) is 0. The van der Waals surface area contributed by atoms with Crippen molar-refractivity contribution in [3.05, 3.63) is 30.3 Å². The molecule has 1 rings (SSSR count). The Kier molecular flexibility index (Phi) is 2.25. The van der Waals surface area contributed by atoms with Gasteiger partial charge in [-0.1, -0.05) is 18.2 Å². The van der Waals surface area contributed by atoms with Crippen LogP contribution in [-0.4, -0.2) is 16.6 Å². The molecule has 0 radical (unpaired) electrons. The van der Waals surface area contributed by atoms with Crippen LogP contribution in [0.2, 0.25) is 0 Å². The molecule has 0 spiro atoms. The Morgan fingerprint density at radius 3 is 2.20 bits per heavy atom. The average Bonchev–Trinajstić information content (AvgIpc) is 1.88. The second kappa shape index (κ2) is 3.20. The number of nitrogens with one attached hydrogen (secondary N) is 1. The fraction of sp³-hybridized carbons (Fsp3) is 0.143. The molecule has 1 aromatic carbocycles. The molecular weight excluding hydrogens is 130 g/mol. The zero-order chi connectivity index (χ0) is 7.40. The first kappa shape index (κ1) is 7.05. The molecule has 3 heteroatoms. The topological polar surface area (TPSA) is 52.5 Å². The van der Waals surface area contributed by atoms with Crippen LogP contribution in [0.15, 0.2) is 30.3 Å². The van der Waals surface area contributed by atoms with Crippen molar-refractivity contribution in [2.24, 2.45) is 0 Å². The summed E-state index contributed by atoms with van der Waals surface area (Å²) in [6.45, 7) is 0. The molecule has 0 fully saturated rings. The molecule has 0 atom stereocenters. The molecule has 0 aromatic heterocycles. The van der Waals surface area contributed by atoms with Crippen molar-refractivity contribution in [1.82, 2.24) is 0 Å². The summed E-state index contributed by atoms with van der Waals surface area (Å²) >= 11 is 0. The molecule has 0 aliphatic heterocycles. The van der Waals surface area contributed by atoms with Crippen molar-refractivity contribution in [2.75, 3.05) is 5.32 Å². The zero-order valence-corrected chi connectivity index (χ0v) is 5.36. The van der Waals surface area contributed by atoms with Crippen LogP contribution in [-0.2, 0) is 0 Å². The fourth-order valence-electron chi connectivity index (χ4n) is 0.683. The third kappa shape index (κ3) is 2.05. The normalized spacial score (nSPS) is 9.90. The number of benzene rings is 1. The van der Waals surface area contributed by atoms with E-state index in [1.807, 2.05) is 18.2 Å². The van der Waals surface area contributed by atoms with E-state index in [4.69, 9.17) is 10.2 Å². The summed E-state index contributed by atoms with van der Waals surface area (Å²) in [5.41, 5.74) is 0.692. The summed E-state index contributed by atoms with van der Waals surface area (Å²) in [6, 6.07) is 8.98. The Morgan fingerprint density at radius 1 is 1.10 bits per heavy atom. The summed E-state index contributed by atoms with van der Waals surface area (Å²) in [5.74, 6) is 0. The molecule has 0 heterocycles. The van der Waals surface area contributed by atoms with Gasteiger partial charge < -0.3 is 15.5 Å². The van der Waals surface area contributed by atoms with Crippen molar-refractivity contribution >= 4 is 5.69 Å². The number of aliphatic hydroxyl groups is 2. The van der Waals surface area contributed by atoms with E-state index in [1.165, 1.54) is 0 Å². The Labute approximate surface area is 58.9 Å². The number of hydrogen-bond donors (Lipinski definition) is 3. The maximum absolute atomic E-state index is 8.45. The van der Waals surface area contributed by atoms with Gasteiger partial charge in [0, 0.05) is 5.69 Å². The van der Waals surface area contributed by atoms with E-state index < -0.39 is 6.41 Å². The van der Waals surface area contributed by atoms with Gasteiger partial charge in [-0.2, -0.15) is 0 Å². The molecule has 0 aliphatic carbocycles. The minimum Gasteiger partial charge on any atom is -0.351 e. The number of rotatable bonds is 2. The molecule has 10 heavy (non-hydrogen) atoms. The largest absolute Gasteiger partial charge is 0.351 e. The van der Waals surface area contributed by atoms with Crippen LogP contribution in [0.25, 0.3) is 0 Å². The number of aliphatic hydroxyl groups excluding tert-OH is 1. The highest BCUT2D eigenvalue weighted by atomic mass is 16.5. The van der Waals surface area contributed by atoms with Gasteiger partial charge in [-0.15, -0.1) is 0 Å². The van der Waals surface area contributed by atoms with Crippen LogP contribution in [0.3, 0.4) is 0 Å². The van der Waals surface area contributed by atoms with Gasteiger partial charge in [0.05, 0.1) is 0 Å². The first-order valence-electron chi connectivity index (χ1n) is 2.97. The highest BCUT2D eigenvalue weighted by Crippen LogP contribution is 2.04. The van der Waals surface area contributed by atoms with E-state index in [9.17, 15) is 0 Å². The number of para-hydroxylation sites is 1. The van der Waals surface area contributed by atoms with E-state index in [0.717, 1.165) is 0 Å². The quantitative estimate of drug-likeness (QED) is 0.519. The van der Waals surface area contributed by atoms with Crippen LogP contribution < -0.4 is 5.32 Å². The van der Waals surface area contributed by atoms with Gasteiger partial charge in [0.2, 0.25) is 6.41 Å². The van der Waals surface area contributed by atoms with Crippen molar-refractivity contribution < 1.29 is 10.2 Å². The standard InChI is InChI=1S/C7H9NO2/c9-7(10)8-6-4-2-1-3-5-6/h1-5,7-10H. The maximum atomic E-state index is 8.45. The lowest BCUT2D eigenvalue weighted by atomic mass is 10.3. The minimum absolute atomic E-state index is 0.692. The van der Waals surface area contributed by atoms with Crippen LogP contribution in [0.5, 0.6) is 0 Å². The smallest absolute Gasteiger partial charge is 0.232 e. The Balaban J connectivity index is 2.59. The molecule has 1 aromatic rings. The van der Waals surface area contributed by atoms with Crippen molar-refractivity contribution in [3.8, 4) is 0 Å². The van der Waals surface area contributed by atoms with Crippen molar-refractivity contribution in [2.45, 2.75) is 6.41 Å². The molecule has 0 saturated heterocycles.